The second-order valence-electron chi connectivity index (χ2n) is 6.10. The first-order chi connectivity index (χ1) is 9.28. The molecule has 4 heteroatoms. The summed E-state index contributed by atoms with van der Waals surface area (Å²) in [5, 5.41) is 0. The lowest BCUT2D eigenvalue weighted by Gasteiger charge is -2.37. The van der Waals surface area contributed by atoms with Gasteiger partial charge in [0.2, 0.25) is 12.2 Å². The molecule has 4 nitrogen and oxygen atoms in total. The van der Waals surface area contributed by atoms with Gasteiger partial charge in [-0.05, 0) is 38.0 Å². The highest BCUT2D eigenvalue weighted by atomic mass is 16.1. The van der Waals surface area contributed by atoms with Crippen LogP contribution >= 0.6 is 0 Å². The van der Waals surface area contributed by atoms with E-state index in [2.05, 4.69) is 9.98 Å². The van der Waals surface area contributed by atoms with Crippen LogP contribution in [0.4, 0.5) is 0 Å². The monoisotopic (exact) mass is 262 g/mol. The summed E-state index contributed by atoms with van der Waals surface area (Å²) in [6.45, 7) is 0. The molecule has 2 saturated carbocycles. The SMILES string of the molecule is O=C=NC1CCCC(CC2(N=C=O)CCCCC2)C1. The lowest BCUT2D eigenvalue weighted by atomic mass is 9.72. The number of rotatable bonds is 4. The number of isocyanates is 2. The van der Waals surface area contributed by atoms with Crippen LogP contribution in [0, 0.1) is 5.92 Å². The second-order valence-corrected chi connectivity index (χ2v) is 6.10. The third-order valence-electron chi connectivity index (χ3n) is 4.73. The highest BCUT2D eigenvalue weighted by Crippen LogP contribution is 2.40. The molecule has 0 aromatic heterocycles. The van der Waals surface area contributed by atoms with E-state index in [1.807, 2.05) is 0 Å². The largest absolute Gasteiger partial charge is 0.235 e. The highest BCUT2D eigenvalue weighted by molar-refractivity contribution is 5.35. The molecule has 0 amide bonds. The van der Waals surface area contributed by atoms with E-state index in [-0.39, 0.29) is 11.6 Å². The summed E-state index contributed by atoms with van der Waals surface area (Å²) in [6.07, 6.45) is 14.3. The Kier molecular flexibility index (Phi) is 5.07. The van der Waals surface area contributed by atoms with Gasteiger partial charge in [-0.2, -0.15) is 4.99 Å². The second kappa shape index (κ2) is 6.79. The van der Waals surface area contributed by atoms with Crippen molar-refractivity contribution in [3.05, 3.63) is 0 Å². The zero-order valence-corrected chi connectivity index (χ0v) is 11.4. The number of aliphatic imine (C=N–C) groups is 2. The summed E-state index contributed by atoms with van der Waals surface area (Å²) in [5.74, 6) is 0.533. The molecule has 0 saturated heterocycles. The zero-order valence-electron chi connectivity index (χ0n) is 11.4. The molecule has 0 aromatic rings. The molecule has 0 aliphatic heterocycles. The number of nitrogens with zero attached hydrogens (tertiary/aromatic N) is 2. The van der Waals surface area contributed by atoms with Gasteiger partial charge in [0.05, 0.1) is 11.6 Å². The Hall–Kier alpha value is -1.24. The van der Waals surface area contributed by atoms with E-state index in [1.165, 1.54) is 12.8 Å². The maximum Gasteiger partial charge on any atom is 0.235 e. The molecular formula is C15H22N2O2. The van der Waals surface area contributed by atoms with E-state index in [9.17, 15) is 9.59 Å². The molecule has 2 fully saturated rings. The molecule has 2 rings (SSSR count). The van der Waals surface area contributed by atoms with Crippen LogP contribution in [0.2, 0.25) is 0 Å². The van der Waals surface area contributed by atoms with Crippen molar-refractivity contribution in [1.29, 1.82) is 0 Å². The molecule has 0 aromatic carbocycles. The van der Waals surface area contributed by atoms with E-state index in [0.29, 0.717) is 5.92 Å². The van der Waals surface area contributed by atoms with Gasteiger partial charge in [-0.15, -0.1) is 0 Å². The quantitative estimate of drug-likeness (QED) is 0.576. The fourth-order valence-electron chi connectivity index (χ4n) is 3.85. The molecule has 0 heterocycles. The van der Waals surface area contributed by atoms with Gasteiger partial charge in [0.25, 0.3) is 0 Å². The van der Waals surface area contributed by atoms with Gasteiger partial charge in [0.15, 0.2) is 0 Å². The van der Waals surface area contributed by atoms with Crippen molar-refractivity contribution in [1.82, 2.24) is 0 Å². The van der Waals surface area contributed by atoms with E-state index in [1.54, 1.807) is 12.2 Å². The Bertz CT molecular complexity index is 389. The minimum Gasteiger partial charge on any atom is -0.211 e. The van der Waals surface area contributed by atoms with Crippen molar-refractivity contribution in [2.24, 2.45) is 15.9 Å². The molecule has 2 aliphatic carbocycles. The third kappa shape index (κ3) is 3.86. The van der Waals surface area contributed by atoms with Crippen LogP contribution < -0.4 is 0 Å². The highest BCUT2D eigenvalue weighted by Gasteiger charge is 2.36. The first-order valence-corrected chi connectivity index (χ1v) is 7.44. The Morgan fingerprint density at radius 3 is 2.47 bits per heavy atom. The number of hydrogen-bond acceptors (Lipinski definition) is 4. The molecule has 0 N–H and O–H groups in total. The summed E-state index contributed by atoms with van der Waals surface area (Å²) < 4.78 is 0. The van der Waals surface area contributed by atoms with Crippen molar-refractivity contribution >= 4 is 12.2 Å². The van der Waals surface area contributed by atoms with E-state index in [4.69, 9.17) is 0 Å². The van der Waals surface area contributed by atoms with Crippen LogP contribution in [-0.2, 0) is 9.59 Å². The lowest BCUT2D eigenvalue weighted by Crippen LogP contribution is -2.34. The van der Waals surface area contributed by atoms with Crippen molar-refractivity contribution < 1.29 is 9.59 Å². The van der Waals surface area contributed by atoms with Crippen molar-refractivity contribution in [3.8, 4) is 0 Å². The van der Waals surface area contributed by atoms with Gasteiger partial charge < -0.3 is 0 Å². The fraction of sp³-hybridized carbons (Fsp3) is 0.867. The van der Waals surface area contributed by atoms with Crippen LogP contribution in [0.3, 0.4) is 0 Å². The fourth-order valence-corrected chi connectivity index (χ4v) is 3.85. The molecular weight excluding hydrogens is 240 g/mol. The summed E-state index contributed by atoms with van der Waals surface area (Å²) in [6, 6.07) is 0.136. The first kappa shape index (κ1) is 14.2. The van der Waals surface area contributed by atoms with Crippen LogP contribution in [0.5, 0.6) is 0 Å². The van der Waals surface area contributed by atoms with Gasteiger partial charge in [0.1, 0.15) is 0 Å². The van der Waals surface area contributed by atoms with Crippen LogP contribution in [0.25, 0.3) is 0 Å². The maximum absolute atomic E-state index is 10.7. The van der Waals surface area contributed by atoms with Gasteiger partial charge in [-0.3, -0.25) is 0 Å². The molecule has 2 unspecified atom stereocenters. The van der Waals surface area contributed by atoms with Crippen LogP contribution in [0.15, 0.2) is 9.98 Å². The summed E-state index contributed by atoms with van der Waals surface area (Å²) in [7, 11) is 0. The van der Waals surface area contributed by atoms with Crippen LogP contribution in [0.1, 0.15) is 64.2 Å². The average Bonchev–Trinajstić information content (AvgIpc) is 2.41. The summed E-state index contributed by atoms with van der Waals surface area (Å²) >= 11 is 0. The standard InChI is InChI=1S/C15H22N2O2/c18-11-16-14-6-4-5-13(9-14)10-15(17-12-19)7-2-1-3-8-15/h13-14H,1-10H2. The molecule has 104 valence electrons. The summed E-state index contributed by atoms with van der Waals surface area (Å²) in [4.78, 5) is 29.1. The molecule has 0 radical (unpaired) electrons. The first-order valence-electron chi connectivity index (χ1n) is 7.44. The smallest absolute Gasteiger partial charge is 0.211 e. The molecule has 0 spiro atoms. The van der Waals surface area contributed by atoms with Gasteiger partial charge in [-0.1, -0.05) is 32.1 Å². The predicted molar refractivity (Wildman–Crippen MR) is 72.4 cm³/mol. The zero-order chi connectivity index (χ0) is 13.6. The number of hydrogen-bond donors (Lipinski definition) is 0. The lowest BCUT2D eigenvalue weighted by molar-refractivity contribution is 0.200. The summed E-state index contributed by atoms with van der Waals surface area (Å²) in [5.41, 5.74) is -0.169. The van der Waals surface area contributed by atoms with Gasteiger partial charge in [-0.25, -0.2) is 14.6 Å². The normalized spacial score (nSPS) is 29.9. The Balaban J connectivity index is 2.00. The predicted octanol–water partition coefficient (Wildman–Crippen LogP) is 3.31. The number of carbonyl (C=O) groups excluding carboxylic acids is 2. The molecule has 2 atom stereocenters. The Labute approximate surface area is 114 Å². The minimum atomic E-state index is -0.169. The van der Waals surface area contributed by atoms with Gasteiger partial charge in [0, 0.05) is 0 Å². The maximum atomic E-state index is 10.7. The average molecular weight is 262 g/mol. The Morgan fingerprint density at radius 1 is 1.00 bits per heavy atom. The molecule has 0 bridgehead atoms. The van der Waals surface area contributed by atoms with Crippen molar-refractivity contribution in [2.45, 2.75) is 75.8 Å². The topological polar surface area (TPSA) is 58.9 Å². The van der Waals surface area contributed by atoms with E-state index in [0.717, 1.165) is 51.4 Å². The Morgan fingerprint density at radius 2 is 1.79 bits per heavy atom. The minimum absolute atomic E-state index is 0.136. The third-order valence-corrected chi connectivity index (χ3v) is 4.73. The van der Waals surface area contributed by atoms with Crippen LogP contribution in [-0.4, -0.2) is 23.7 Å². The van der Waals surface area contributed by atoms with Crippen molar-refractivity contribution in [3.63, 3.8) is 0 Å². The van der Waals surface area contributed by atoms with E-state index >= 15 is 0 Å². The van der Waals surface area contributed by atoms with Crippen molar-refractivity contribution in [2.75, 3.05) is 0 Å². The van der Waals surface area contributed by atoms with Gasteiger partial charge >= 0.3 is 0 Å². The molecule has 2 aliphatic rings. The van der Waals surface area contributed by atoms with E-state index < -0.39 is 0 Å². The molecule has 19 heavy (non-hydrogen) atoms.